The Hall–Kier alpha value is -1.98. The molecule has 2 nitrogen and oxygen atoms in total. The van der Waals surface area contributed by atoms with Gasteiger partial charge in [-0.25, -0.2) is 0 Å². The molecule has 1 unspecified atom stereocenters. The van der Waals surface area contributed by atoms with Crippen molar-refractivity contribution in [3.63, 3.8) is 0 Å². The summed E-state index contributed by atoms with van der Waals surface area (Å²) in [4.78, 5) is 0. The Balaban J connectivity index is 2.76. The molecular weight excluding hydrogens is 291 g/mol. The van der Waals surface area contributed by atoms with Crippen molar-refractivity contribution in [2.75, 3.05) is 0 Å². The fourth-order valence-corrected chi connectivity index (χ4v) is 1.89. The summed E-state index contributed by atoms with van der Waals surface area (Å²) in [6.45, 7) is 2.06. The van der Waals surface area contributed by atoms with E-state index in [0.29, 0.717) is 6.42 Å². The van der Waals surface area contributed by atoms with Gasteiger partial charge in [0.1, 0.15) is 6.07 Å². The smallest absolute Gasteiger partial charge is 0.371 e. The number of hydrogen-bond donors (Lipinski definition) is 1. The van der Waals surface area contributed by atoms with E-state index in [-0.39, 0.29) is 12.0 Å². The van der Waals surface area contributed by atoms with Crippen molar-refractivity contribution in [3.05, 3.63) is 35.4 Å². The van der Waals surface area contributed by atoms with E-state index in [9.17, 15) is 18.3 Å². The minimum Gasteiger partial charge on any atom is -0.371 e. The number of aliphatic hydroxyl groups is 1. The summed E-state index contributed by atoms with van der Waals surface area (Å²) in [5.74, 6) is 5.82. The molecule has 1 rings (SSSR count). The molecule has 118 valence electrons. The summed E-state index contributed by atoms with van der Waals surface area (Å²) in [6.07, 6.45) is -1.25. The SMILES string of the molecule is CCCCC#CCCC(O)(C#N)c1ccc(C(F)(F)F)cc1. The average Bonchev–Trinajstić information content (AvgIpc) is 2.50. The molecule has 0 aliphatic rings. The van der Waals surface area contributed by atoms with Gasteiger partial charge >= 0.3 is 6.18 Å². The molecule has 5 heteroatoms. The predicted molar refractivity (Wildman–Crippen MR) is 77.5 cm³/mol. The Morgan fingerprint density at radius 3 is 2.09 bits per heavy atom. The van der Waals surface area contributed by atoms with Crippen LogP contribution in [0.5, 0.6) is 0 Å². The Labute approximate surface area is 128 Å². The maximum Gasteiger partial charge on any atom is 0.416 e. The second kappa shape index (κ2) is 7.87. The summed E-state index contributed by atoms with van der Waals surface area (Å²) in [7, 11) is 0. The second-order valence-electron chi connectivity index (χ2n) is 5.00. The Morgan fingerprint density at radius 2 is 1.59 bits per heavy atom. The van der Waals surface area contributed by atoms with Crippen LogP contribution in [0, 0.1) is 23.2 Å². The van der Waals surface area contributed by atoms with Gasteiger partial charge in [-0.1, -0.05) is 25.5 Å². The number of nitrogens with zero attached hydrogens (tertiary/aromatic N) is 1. The predicted octanol–water partition coefficient (Wildman–Crippen LogP) is 4.39. The standard InChI is InChI=1S/C17H18F3NO/c1-2-3-4-5-6-7-12-16(22,13-21)14-8-10-15(11-9-14)17(18,19)20/h8-11,22H,2-4,7,12H2,1H3. The summed E-state index contributed by atoms with van der Waals surface area (Å²) in [5.41, 5.74) is -2.47. The summed E-state index contributed by atoms with van der Waals surface area (Å²) in [5, 5.41) is 19.4. The molecule has 0 bridgehead atoms. The lowest BCUT2D eigenvalue weighted by molar-refractivity contribution is -0.137. The maximum absolute atomic E-state index is 12.5. The third-order valence-electron chi connectivity index (χ3n) is 3.27. The molecule has 0 fully saturated rings. The van der Waals surface area contributed by atoms with Gasteiger partial charge in [0.15, 0.2) is 5.60 Å². The van der Waals surface area contributed by atoms with E-state index in [0.717, 1.165) is 43.5 Å². The van der Waals surface area contributed by atoms with Crippen LogP contribution in [0.25, 0.3) is 0 Å². The summed E-state index contributed by atoms with van der Waals surface area (Å²) >= 11 is 0. The molecule has 1 aromatic carbocycles. The first-order valence-corrected chi connectivity index (χ1v) is 7.10. The molecule has 0 aromatic heterocycles. The van der Waals surface area contributed by atoms with Crippen molar-refractivity contribution in [3.8, 4) is 17.9 Å². The summed E-state index contributed by atoms with van der Waals surface area (Å²) in [6, 6.07) is 5.76. The van der Waals surface area contributed by atoms with Gasteiger partial charge in [-0.3, -0.25) is 0 Å². The van der Waals surface area contributed by atoms with Crippen LogP contribution in [0.4, 0.5) is 13.2 Å². The average molecular weight is 309 g/mol. The van der Waals surface area contributed by atoms with Gasteiger partial charge in [-0.2, -0.15) is 18.4 Å². The van der Waals surface area contributed by atoms with E-state index in [1.54, 1.807) is 6.07 Å². The van der Waals surface area contributed by atoms with Crippen molar-refractivity contribution in [2.24, 2.45) is 0 Å². The number of benzene rings is 1. The normalized spacial score (nSPS) is 13.6. The highest BCUT2D eigenvalue weighted by atomic mass is 19.4. The van der Waals surface area contributed by atoms with Gasteiger partial charge in [0.25, 0.3) is 0 Å². The first kappa shape index (κ1) is 18.1. The molecule has 0 saturated carbocycles. The van der Waals surface area contributed by atoms with Crippen molar-refractivity contribution in [1.82, 2.24) is 0 Å². The van der Waals surface area contributed by atoms with Gasteiger partial charge in [0.2, 0.25) is 0 Å². The minimum atomic E-state index is -4.44. The number of unbranched alkanes of at least 4 members (excludes halogenated alkanes) is 2. The van der Waals surface area contributed by atoms with Crippen molar-refractivity contribution >= 4 is 0 Å². The zero-order valence-electron chi connectivity index (χ0n) is 12.4. The van der Waals surface area contributed by atoms with Crippen molar-refractivity contribution in [2.45, 2.75) is 50.8 Å². The largest absolute Gasteiger partial charge is 0.416 e. The highest BCUT2D eigenvalue weighted by molar-refractivity contribution is 5.32. The zero-order chi connectivity index (χ0) is 16.6. The highest BCUT2D eigenvalue weighted by Gasteiger charge is 2.32. The van der Waals surface area contributed by atoms with Crippen LogP contribution in [-0.4, -0.2) is 5.11 Å². The minimum absolute atomic E-state index is 0.0635. The van der Waals surface area contributed by atoms with Gasteiger partial charge < -0.3 is 5.11 Å². The highest BCUT2D eigenvalue weighted by Crippen LogP contribution is 2.32. The number of rotatable bonds is 5. The molecule has 0 aliphatic heterocycles. The van der Waals surface area contributed by atoms with Crippen LogP contribution in [0.3, 0.4) is 0 Å². The number of alkyl halides is 3. The van der Waals surface area contributed by atoms with E-state index in [2.05, 4.69) is 18.8 Å². The third-order valence-corrected chi connectivity index (χ3v) is 3.27. The van der Waals surface area contributed by atoms with Crippen LogP contribution >= 0.6 is 0 Å². The quantitative estimate of drug-likeness (QED) is 0.498. The lowest BCUT2D eigenvalue weighted by atomic mass is 9.90. The second-order valence-corrected chi connectivity index (χ2v) is 5.00. The van der Waals surface area contributed by atoms with Gasteiger partial charge in [0, 0.05) is 19.3 Å². The fourth-order valence-electron chi connectivity index (χ4n) is 1.89. The van der Waals surface area contributed by atoms with E-state index in [4.69, 9.17) is 5.26 Å². The lowest BCUT2D eigenvalue weighted by Gasteiger charge is -2.20. The molecule has 0 saturated heterocycles. The van der Waals surface area contributed by atoms with E-state index < -0.39 is 17.3 Å². The van der Waals surface area contributed by atoms with Crippen LogP contribution < -0.4 is 0 Å². The molecule has 0 heterocycles. The molecule has 0 spiro atoms. The number of nitriles is 1. The van der Waals surface area contributed by atoms with Crippen LogP contribution in [0.2, 0.25) is 0 Å². The third kappa shape index (κ3) is 5.09. The number of halogens is 3. The molecule has 1 aromatic rings. The monoisotopic (exact) mass is 309 g/mol. The molecule has 0 radical (unpaired) electrons. The first-order valence-electron chi connectivity index (χ1n) is 7.10. The Bertz CT molecular complexity index is 575. The molecule has 1 N–H and O–H groups in total. The Kier molecular flexibility index (Phi) is 6.46. The van der Waals surface area contributed by atoms with E-state index in [1.165, 1.54) is 0 Å². The zero-order valence-corrected chi connectivity index (χ0v) is 12.4. The maximum atomic E-state index is 12.5. The van der Waals surface area contributed by atoms with Gasteiger partial charge in [-0.05, 0) is 24.1 Å². The molecule has 22 heavy (non-hydrogen) atoms. The van der Waals surface area contributed by atoms with Crippen LogP contribution in [-0.2, 0) is 11.8 Å². The summed E-state index contributed by atoms with van der Waals surface area (Å²) < 4.78 is 37.5. The molecular formula is C17H18F3NO. The topological polar surface area (TPSA) is 44.0 Å². The Morgan fingerprint density at radius 1 is 1.05 bits per heavy atom. The first-order chi connectivity index (χ1) is 10.3. The molecule has 1 atom stereocenters. The van der Waals surface area contributed by atoms with Gasteiger partial charge in [-0.15, -0.1) is 11.8 Å². The van der Waals surface area contributed by atoms with E-state index >= 15 is 0 Å². The number of hydrogen-bond acceptors (Lipinski definition) is 2. The van der Waals surface area contributed by atoms with Crippen LogP contribution in [0.15, 0.2) is 24.3 Å². The van der Waals surface area contributed by atoms with Gasteiger partial charge in [0.05, 0.1) is 5.56 Å². The van der Waals surface area contributed by atoms with Crippen molar-refractivity contribution < 1.29 is 18.3 Å². The van der Waals surface area contributed by atoms with Crippen LogP contribution in [0.1, 0.15) is 50.2 Å². The molecule has 0 aliphatic carbocycles. The fraction of sp³-hybridized carbons (Fsp3) is 0.471. The van der Waals surface area contributed by atoms with Crippen molar-refractivity contribution in [1.29, 1.82) is 5.26 Å². The molecule has 0 amide bonds. The van der Waals surface area contributed by atoms with E-state index in [1.807, 2.05) is 0 Å². The lowest BCUT2D eigenvalue weighted by Crippen LogP contribution is -2.23.